The minimum absolute atomic E-state index is 0.103. The molecule has 0 bridgehead atoms. The average Bonchev–Trinajstić information content (AvgIpc) is 3.17. The van der Waals surface area contributed by atoms with Crippen molar-refractivity contribution >= 4 is 5.82 Å². The van der Waals surface area contributed by atoms with Crippen molar-refractivity contribution in [2.45, 2.75) is 25.8 Å². The van der Waals surface area contributed by atoms with Gasteiger partial charge in [-0.25, -0.2) is 4.79 Å². The van der Waals surface area contributed by atoms with Crippen LogP contribution in [0, 0.1) is 11.3 Å². The number of nitrogens with zero attached hydrogens (tertiary/aromatic N) is 5. The fraction of sp³-hybridized carbons (Fsp3) is 0.316. The Morgan fingerprint density at radius 3 is 2.57 bits per heavy atom. The summed E-state index contributed by atoms with van der Waals surface area (Å²) in [6.07, 6.45) is 1.50. The molecule has 0 aliphatic heterocycles. The third-order valence-electron chi connectivity index (χ3n) is 4.40. The maximum absolute atomic E-state index is 12.4. The van der Waals surface area contributed by atoms with Gasteiger partial charge in [-0.15, -0.1) is 0 Å². The van der Waals surface area contributed by atoms with Gasteiger partial charge in [-0.05, 0) is 12.0 Å². The quantitative estimate of drug-likeness (QED) is 0.688. The number of aryl methyl sites for hydroxylation is 1. The number of rotatable bonds is 6. The third kappa shape index (κ3) is 3.44. The maximum atomic E-state index is 12.4. The van der Waals surface area contributed by atoms with E-state index in [9.17, 15) is 14.9 Å². The van der Waals surface area contributed by atoms with Crippen molar-refractivity contribution in [3.8, 4) is 6.07 Å². The fourth-order valence-corrected chi connectivity index (χ4v) is 2.89. The van der Waals surface area contributed by atoms with Crippen LogP contribution in [-0.2, 0) is 20.5 Å². The molecule has 0 saturated carbocycles. The SMILES string of the molecule is CCCc1nc([C@H](Nc2c(C#N)c(=O)n(C)c(=O)n2C)c2ccccc2)no1. The largest absolute Gasteiger partial charge is 0.356 e. The summed E-state index contributed by atoms with van der Waals surface area (Å²) in [5, 5.41) is 16.7. The Labute approximate surface area is 160 Å². The van der Waals surface area contributed by atoms with E-state index in [0.717, 1.165) is 16.6 Å². The number of nitriles is 1. The molecule has 0 aliphatic rings. The molecule has 9 heteroatoms. The molecule has 0 aliphatic carbocycles. The lowest BCUT2D eigenvalue weighted by molar-refractivity contribution is 0.371. The van der Waals surface area contributed by atoms with Gasteiger partial charge in [-0.2, -0.15) is 10.2 Å². The van der Waals surface area contributed by atoms with Crippen LogP contribution in [0.2, 0.25) is 0 Å². The van der Waals surface area contributed by atoms with Crippen LogP contribution in [-0.4, -0.2) is 19.3 Å². The van der Waals surface area contributed by atoms with Crippen molar-refractivity contribution < 1.29 is 4.52 Å². The van der Waals surface area contributed by atoms with Crippen LogP contribution >= 0.6 is 0 Å². The van der Waals surface area contributed by atoms with Gasteiger partial charge in [0, 0.05) is 20.5 Å². The van der Waals surface area contributed by atoms with E-state index in [2.05, 4.69) is 15.5 Å². The normalized spacial score (nSPS) is 11.8. The highest BCUT2D eigenvalue weighted by atomic mass is 16.5. The second-order valence-corrected chi connectivity index (χ2v) is 6.33. The first-order chi connectivity index (χ1) is 13.5. The number of benzene rings is 1. The predicted molar refractivity (Wildman–Crippen MR) is 102 cm³/mol. The van der Waals surface area contributed by atoms with E-state index in [1.165, 1.54) is 18.7 Å². The summed E-state index contributed by atoms with van der Waals surface area (Å²) < 4.78 is 7.42. The summed E-state index contributed by atoms with van der Waals surface area (Å²) in [6.45, 7) is 2.01. The number of hydrogen-bond acceptors (Lipinski definition) is 7. The third-order valence-corrected chi connectivity index (χ3v) is 4.40. The van der Waals surface area contributed by atoms with E-state index < -0.39 is 17.3 Å². The highest BCUT2D eigenvalue weighted by Crippen LogP contribution is 2.25. The van der Waals surface area contributed by atoms with E-state index in [4.69, 9.17) is 4.52 Å². The second-order valence-electron chi connectivity index (χ2n) is 6.33. The molecule has 144 valence electrons. The summed E-state index contributed by atoms with van der Waals surface area (Å²) in [4.78, 5) is 29.2. The molecule has 0 radical (unpaired) electrons. The van der Waals surface area contributed by atoms with Gasteiger partial charge >= 0.3 is 5.69 Å². The number of nitrogens with one attached hydrogen (secondary N) is 1. The molecule has 3 rings (SSSR count). The van der Waals surface area contributed by atoms with Crippen LogP contribution in [0.1, 0.15) is 42.2 Å². The highest BCUT2D eigenvalue weighted by molar-refractivity contribution is 5.53. The zero-order valence-corrected chi connectivity index (χ0v) is 15.8. The minimum Gasteiger partial charge on any atom is -0.356 e. The standard InChI is InChI=1S/C19H20N6O3/c1-4-8-14-21-16(23-28-14)15(12-9-6-5-7-10-12)22-17-13(11-20)18(26)25(3)19(27)24(17)2/h5-7,9-10,15,22H,4,8H2,1-3H3/t15-/m1/s1. The topological polar surface area (TPSA) is 119 Å². The summed E-state index contributed by atoms with van der Waals surface area (Å²) in [5.74, 6) is 0.955. The summed E-state index contributed by atoms with van der Waals surface area (Å²) in [5.41, 5.74) is -0.580. The van der Waals surface area contributed by atoms with E-state index in [0.29, 0.717) is 18.1 Å². The van der Waals surface area contributed by atoms with Gasteiger partial charge in [0.2, 0.25) is 5.89 Å². The molecule has 2 aromatic heterocycles. The van der Waals surface area contributed by atoms with Crippen LogP contribution in [0.15, 0.2) is 44.4 Å². The zero-order chi connectivity index (χ0) is 20.3. The molecule has 1 aromatic carbocycles. The Balaban J connectivity index is 2.15. The van der Waals surface area contributed by atoms with Crippen LogP contribution in [0.3, 0.4) is 0 Å². The molecule has 28 heavy (non-hydrogen) atoms. The minimum atomic E-state index is -0.667. The molecular weight excluding hydrogens is 360 g/mol. The fourth-order valence-electron chi connectivity index (χ4n) is 2.89. The van der Waals surface area contributed by atoms with Crippen molar-refractivity contribution in [2.75, 3.05) is 5.32 Å². The molecule has 0 fully saturated rings. The Kier molecular flexibility index (Phi) is 5.40. The van der Waals surface area contributed by atoms with Gasteiger partial charge in [0.25, 0.3) is 5.56 Å². The van der Waals surface area contributed by atoms with Crippen molar-refractivity contribution in [3.63, 3.8) is 0 Å². The molecular formula is C19H20N6O3. The van der Waals surface area contributed by atoms with E-state index in [1.54, 1.807) is 0 Å². The predicted octanol–water partition coefficient (Wildman–Crippen LogP) is 1.49. The number of hydrogen-bond donors (Lipinski definition) is 1. The maximum Gasteiger partial charge on any atom is 0.332 e. The molecule has 1 atom stereocenters. The van der Waals surface area contributed by atoms with E-state index >= 15 is 0 Å². The van der Waals surface area contributed by atoms with Crippen molar-refractivity contribution in [3.05, 3.63) is 74.0 Å². The lowest BCUT2D eigenvalue weighted by atomic mass is 10.1. The van der Waals surface area contributed by atoms with E-state index in [-0.39, 0.29) is 11.4 Å². The Hall–Kier alpha value is -3.67. The van der Waals surface area contributed by atoms with Gasteiger partial charge in [0.05, 0.1) is 0 Å². The number of anilines is 1. The first kappa shape index (κ1) is 19.1. The van der Waals surface area contributed by atoms with Crippen LogP contribution in [0.25, 0.3) is 0 Å². The lowest BCUT2D eigenvalue weighted by Crippen LogP contribution is -2.40. The molecule has 9 nitrogen and oxygen atoms in total. The molecule has 2 heterocycles. The number of aromatic nitrogens is 4. The first-order valence-electron chi connectivity index (χ1n) is 8.82. The summed E-state index contributed by atoms with van der Waals surface area (Å²) >= 11 is 0. The van der Waals surface area contributed by atoms with E-state index in [1.807, 2.05) is 43.3 Å². The van der Waals surface area contributed by atoms with Crippen LogP contribution in [0.4, 0.5) is 5.82 Å². The summed E-state index contributed by atoms with van der Waals surface area (Å²) in [6, 6.07) is 10.6. The van der Waals surface area contributed by atoms with Gasteiger partial charge in [0.1, 0.15) is 17.9 Å². The zero-order valence-electron chi connectivity index (χ0n) is 15.8. The molecule has 0 amide bonds. The van der Waals surface area contributed by atoms with Gasteiger partial charge < -0.3 is 9.84 Å². The monoisotopic (exact) mass is 380 g/mol. The molecule has 0 unspecified atom stereocenters. The van der Waals surface area contributed by atoms with Gasteiger partial charge in [-0.3, -0.25) is 13.9 Å². The Morgan fingerprint density at radius 1 is 1.21 bits per heavy atom. The molecule has 0 spiro atoms. The van der Waals surface area contributed by atoms with Gasteiger partial charge in [-0.1, -0.05) is 42.4 Å². The van der Waals surface area contributed by atoms with Crippen LogP contribution < -0.4 is 16.6 Å². The Bertz CT molecular complexity index is 1140. The summed E-state index contributed by atoms with van der Waals surface area (Å²) in [7, 11) is 2.83. The second kappa shape index (κ2) is 7.92. The highest BCUT2D eigenvalue weighted by Gasteiger charge is 2.24. The molecule has 3 aromatic rings. The van der Waals surface area contributed by atoms with Crippen molar-refractivity contribution in [2.24, 2.45) is 14.1 Å². The molecule has 1 N–H and O–H groups in total. The Morgan fingerprint density at radius 2 is 1.93 bits per heavy atom. The van der Waals surface area contributed by atoms with Crippen LogP contribution in [0.5, 0.6) is 0 Å². The molecule has 0 saturated heterocycles. The average molecular weight is 380 g/mol. The first-order valence-corrected chi connectivity index (χ1v) is 8.82. The van der Waals surface area contributed by atoms with Crippen molar-refractivity contribution in [1.29, 1.82) is 5.26 Å². The van der Waals surface area contributed by atoms with Gasteiger partial charge in [0.15, 0.2) is 11.4 Å². The van der Waals surface area contributed by atoms with Crippen molar-refractivity contribution in [1.82, 2.24) is 19.3 Å². The smallest absolute Gasteiger partial charge is 0.332 e. The lowest BCUT2D eigenvalue weighted by Gasteiger charge is -2.20.